The summed E-state index contributed by atoms with van der Waals surface area (Å²) in [6.45, 7) is 6.42. The molecule has 7 heteroatoms. The second-order valence-electron chi connectivity index (χ2n) is 10.3. The largest absolute Gasteiger partial charge is 0.508 e. The van der Waals surface area contributed by atoms with E-state index in [0.29, 0.717) is 5.69 Å². The molecule has 0 radical (unpaired) electrons. The molecule has 3 N–H and O–H groups in total. The number of aromatic hydroxyl groups is 1. The predicted molar refractivity (Wildman–Crippen MR) is 150 cm³/mol. The van der Waals surface area contributed by atoms with Gasteiger partial charge in [-0.15, -0.1) is 5.11 Å². The zero-order valence-corrected chi connectivity index (χ0v) is 21.0. The van der Waals surface area contributed by atoms with Gasteiger partial charge in [0.1, 0.15) is 11.4 Å². The van der Waals surface area contributed by atoms with Gasteiger partial charge in [-0.3, -0.25) is 15.7 Å². The summed E-state index contributed by atoms with van der Waals surface area (Å²) in [6, 6.07) is 18.6. The average Bonchev–Trinajstić information content (AvgIpc) is 2.86. The van der Waals surface area contributed by atoms with E-state index in [2.05, 4.69) is 72.1 Å². The smallest absolute Gasteiger partial charge is 0.117 e. The van der Waals surface area contributed by atoms with E-state index in [1.54, 1.807) is 24.3 Å². The maximum atomic E-state index is 9.70. The van der Waals surface area contributed by atoms with Crippen molar-refractivity contribution >= 4 is 39.3 Å². The highest BCUT2D eigenvalue weighted by Crippen LogP contribution is 2.40. The number of aliphatic imine (C=N–C) groups is 1. The van der Waals surface area contributed by atoms with Crippen molar-refractivity contribution in [2.24, 2.45) is 26.2 Å². The van der Waals surface area contributed by atoms with Gasteiger partial charge in [-0.1, -0.05) is 48.6 Å². The molecule has 0 bridgehead atoms. The Morgan fingerprint density at radius 3 is 2.62 bits per heavy atom. The summed E-state index contributed by atoms with van der Waals surface area (Å²) in [5.74, 6) is 0.264. The van der Waals surface area contributed by atoms with Gasteiger partial charge in [-0.2, -0.15) is 10.2 Å². The minimum Gasteiger partial charge on any atom is -0.508 e. The van der Waals surface area contributed by atoms with Crippen molar-refractivity contribution < 1.29 is 5.11 Å². The van der Waals surface area contributed by atoms with Crippen molar-refractivity contribution in [3.63, 3.8) is 0 Å². The van der Waals surface area contributed by atoms with E-state index in [0.717, 1.165) is 39.1 Å². The number of phenolic OH excluding ortho intramolecular Hbond substituents is 1. The van der Waals surface area contributed by atoms with Gasteiger partial charge in [0.2, 0.25) is 0 Å². The number of nitrogens with one attached hydrogen (secondary N) is 2. The first-order valence-corrected chi connectivity index (χ1v) is 12.3. The van der Waals surface area contributed by atoms with Crippen LogP contribution in [0.4, 0.5) is 17.1 Å². The number of hydrogen-bond acceptors (Lipinski definition) is 7. The number of hydrogen-bond donors (Lipinski definition) is 3. The monoisotopic (exact) mass is 488 g/mol. The van der Waals surface area contributed by atoms with Gasteiger partial charge >= 0.3 is 0 Å². The zero-order chi connectivity index (χ0) is 25.6. The van der Waals surface area contributed by atoms with Crippen LogP contribution in [0.3, 0.4) is 0 Å². The third-order valence-corrected chi connectivity index (χ3v) is 6.92. The van der Waals surface area contributed by atoms with Crippen molar-refractivity contribution in [2.45, 2.75) is 32.0 Å². The lowest BCUT2D eigenvalue weighted by Crippen LogP contribution is -2.63. The lowest BCUT2D eigenvalue weighted by molar-refractivity contribution is 0.253. The number of phenols is 1. The number of fused-ring (bicyclic) bond motifs is 1. The molecule has 2 atom stereocenters. The van der Waals surface area contributed by atoms with Crippen LogP contribution in [0.25, 0.3) is 10.8 Å². The first-order valence-electron chi connectivity index (χ1n) is 12.3. The topological polar surface area (TPSA) is 93.7 Å². The summed E-state index contributed by atoms with van der Waals surface area (Å²) >= 11 is 0. The molecule has 1 heterocycles. The second kappa shape index (κ2) is 8.64. The lowest BCUT2D eigenvalue weighted by atomic mass is 9.68. The molecule has 0 amide bonds. The molecular formula is C30H28N6O. The maximum Gasteiger partial charge on any atom is 0.117 e. The third kappa shape index (κ3) is 4.27. The Labute approximate surface area is 215 Å². The molecule has 7 nitrogen and oxygen atoms in total. The van der Waals surface area contributed by atoms with Crippen LogP contribution in [0, 0.1) is 5.92 Å². The number of azo groups is 1. The van der Waals surface area contributed by atoms with Gasteiger partial charge in [0.15, 0.2) is 0 Å². The highest BCUT2D eigenvalue weighted by atomic mass is 16.3. The number of hydrazone groups is 1. The summed E-state index contributed by atoms with van der Waals surface area (Å²) in [7, 11) is 0. The molecule has 2 aliphatic carbocycles. The number of nitrogens with zero attached hydrogens (tertiary/aromatic N) is 4. The Kier molecular flexibility index (Phi) is 5.38. The molecule has 0 saturated carbocycles. The Bertz CT molecular complexity index is 1590. The molecule has 3 aromatic rings. The Balaban J connectivity index is 1.33. The molecule has 0 spiro atoms. The fourth-order valence-electron chi connectivity index (χ4n) is 5.49. The van der Waals surface area contributed by atoms with E-state index in [1.807, 2.05) is 36.4 Å². The van der Waals surface area contributed by atoms with E-state index >= 15 is 0 Å². The van der Waals surface area contributed by atoms with Crippen molar-refractivity contribution in [1.29, 1.82) is 0 Å². The standard InChI is InChI=1S/C30H28N6O/c1-29(2)31-27-13-7-12-23-26(16-17-30(3,36-29)28(23)27)35-34-25-15-14-24(21-10-4-5-11-22(21)25)33-32-19-8-6-9-20(37)18-19/h4-18,28,34,36-37H,1-3H3. The zero-order valence-electron chi connectivity index (χ0n) is 21.0. The Morgan fingerprint density at radius 1 is 0.946 bits per heavy atom. The molecule has 1 aliphatic heterocycles. The average molecular weight is 489 g/mol. The predicted octanol–water partition coefficient (Wildman–Crippen LogP) is 6.95. The van der Waals surface area contributed by atoms with Crippen LogP contribution in [-0.4, -0.2) is 27.7 Å². The van der Waals surface area contributed by atoms with Crippen molar-refractivity contribution in [1.82, 2.24) is 5.32 Å². The van der Waals surface area contributed by atoms with Crippen molar-refractivity contribution in [2.75, 3.05) is 5.43 Å². The quantitative estimate of drug-likeness (QED) is 0.274. The van der Waals surface area contributed by atoms with Crippen LogP contribution in [0.2, 0.25) is 0 Å². The molecule has 184 valence electrons. The van der Waals surface area contributed by atoms with Crippen LogP contribution >= 0.6 is 0 Å². The second-order valence-corrected chi connectivity index (χ2v) is 10.3. The SMILES string of the molecule is CC1(C)N=C2C=CC=C3C(=NNc4ccc(N=Nc5cccc(O)c5)c5ccccc45)C=CC(C)(N1)C32. The fourth-order valence-corrected chi connectivity index (χ4v) is 5.49. The highest BCUT2D eigenvalue weighted by molar-refractivity contribution is 6.18. The lowest BCUT2D eigenvalue weighted by Gasteiger charge is -2.49. The van der Waals surface area contributed by atoms with E-state index in [-0.39, 0.29) is 22.9 Å². The molecular weight excluding hydrogens is 460 g/mol. The molecule has 2 unspecified atom stereocenters. The minimum absolute atomic E-state index is 0.105. The number of anilines is 1. The van der Waals surface area contributed by atoms with Gasteiger partial charge in [-0.05, 0) is 62.8 Å². The number of benzene rings is 3. The molecule has 0 fully saturated rings. The molecule has 3 aromatic carbocycles. The summed E-state index contributed by atoms with van der Waals surface area (Å²) in [5.41, 5.74) is 8.05. The van der Waals surface area contributed by atoms with Gasteiger partial charge in [0, 0.05) is 34.0 Å². The number of allylic oxidation sites excluding steroid dienone is 4. The van der Waals surface area contributed by atoms with Crippen LogP contribution in [0.15, 0.2) is 117 Å². The van der Waals surface area contributed by atoms with Crippen molar-refractivity contribution in [3.05, 3.63) is 96.6 Å². The van der Waals surface area contributed by atoms with E-state index < -0.39 is 0 Å². The van der Waals surface area contributed by atoms with E-state index in [9.17, 15) is 5.11 Å². The van der Waals surface area contributed by atoms with Crippen LogP contribution in [0.1, 0.15) is 20.8 Å². The van der Waals surface area contributed by atoms with Crippen LogP contribution in [0.5, 0.6) is 5.75 Å². The molecule has 6 rings (SSSR count). The molecule has 0 saturated heterocycles. The van der Waals surface area contributed by atoms with E-state index in [4.69, 9.17) is 10.1 Å². The summed E-state index contributed by atoms with van der Waals surface area (Å²) < 4.78 is 0. The van der Waals surface area contributed by atoms with Gasteiger partial charge in [-0.25, -0.2) is 0 Å². The third-order valence-electron chi connectivity index (χ3n) is 6.92. The highest BCUT2D eigenvalue weighted by Gasteiger charge is 2.47. The van der Waals surface area contributed by atoms with Gasteiger partial charge in [0.05, 0.1) is 22.8 Å². The van der Waals surface area contributed by atoms with Crippen LogP contribution < -0.4 is 10.7 Å². The van der Waals surface area contributed by atoms with Crippen molar-refractivity contribution in [3.8, 4) is 5.75 Å². The molecule has 0 aromatic heterocycles. The van der Waals surface area contributed by atoms with Gasteiger partial charge < -0.3 is 5.11 Å². The normalized spacial score (nSPS) is 24.7. The maximum absolute atomic E-state index is 9.70. The Morgan fingerprint density at radius 2 is 1.78 bits per heavy atom. The van der Waals surface area contributed by atoms with E-state index in [1.165, 1.54) is 0 Å². The van der Waals surface area contributed by atoms with Gasteiger partial charge in [0.25, 0.3) is 0 Å². The van der Waals surface area contributed by atoms with Crippen LogP contribution in [-0.2, 0) is 0 Å². The molecule has 3 aliphatic rings. The fraction of sp³-hybridized carbons (Fsp3) is 0.200. The number of rotatable bonds is 4. The minimum atomic E-state index is -0.330. The Hall–Kier alpha value is -4.36. The first-order chi connectivity index (χ1) is 17.8. The summed E-state index contributed by atoms with van der Waals surface area (Å²) in [4.78, 5) is 4.95. The molecule has 37 heavy (non-hydrogen) atoms. The first kappa shape index (κ1) is 23.1. The summed E-state index contributed by atoms with van der Waals surface area (Å²) in [5, 5.41) is 28.9. The summed E-state index contributed by atoms with van der Waals surface area (Å²) in [6.07, 6.45) is 10.6.